The van der Waals surface area contributed by atoms with Gasteiger partial charge in [0.2, 0.25) is 5.89 Å². The predicted molar refractivity (Wildman–Crippen MR) is 145 cm³/mol. The smallest absolute Gasteiger partial charge is 0.408 e. The Kier molecular flexibility index (Phi) is 7.86. The van der Waals surface area contributed by atoms with E-state index in [1.807, 2.05) is 20.8 Å². The van der Waals surface area contributed by atoms with Crippen molar-refractivity contribution in [1.29, 1.82) is 0 Å². The number of halogens is 2. The Morgan fingerprint density at radius 1 is 1.18 bits per heavy atom. The molecule has 0 spiro atoms. The van der Waals surface area contributed by atoms with Crippen LogP contribution >= 0.6 is 11.6 Å². The number of carbonyl (C=O) groups is 2. The topological polar surface area (TPSA) is 115 Å². The minimum absolute atomic E-state index is 0.0366. The highest BCUT2D eigenvalue weighted by atomic mass is 35.5. The second kappa shape index (κ2) is 10.7. The maximum atomic E-state index is 15.4. The molecule has 2 aromatic carbocycles. The first-order chi connectivity index (χ1) is 18.1. The van der Waals surface area contributed by atoms with Crippen LogP contribution in [0.25, 0.3) is 11.5 Å². The van der Waals surface area contributed by atoms with Crippen molar-refractivity contribution in [3.63, 3.8) is 0 Å². The van der Waals surface area contributed by atoms with Crippen molar-refractivity contribution in [2.45, 2.75) is 70.0 Å². The molecule has 0 saturated heterocycles. The van der Waals surface area contributed by atoms with Crippen molar-refractivity contribution in [1.82, 2.24) is 15.5 Å². The molecule has 0 saturated carbocycles. The molecule has 0 aliphatic carbocycles. The van der Waals surface area contributed by atoms with Gasteiger partial charge in [-0.05, 0) is 50.6 Å². The Balaban J connectivity index is 1.80. The second-order valence-corrected chi connectivity index (χ2v) is 13.1. The van der Waals surface area contributed by atoms with Gasteiger partial charge in [0.1, 0.15) is 17.5 Å². The summed E-state index contributed by atoms with van der Waals surface area (Å²) in [6, 6.07) is 8.14. The number of hydrogen-bond acceptors (Lipinski definition) is 7. The molecule has 1 N–H and O–H groups in total. The van der Waals surface area contributed by atoms with Gasteiger partial charge >= 0.3 is 6.09 Å². The van der Waals surface area contributed by atoms with Crippen LogP contribution in [0.5, 0.6) is 0 Å². The molecule has 1 aliphatic rings. The lowest BCUT2D eigenvalue weighted by Gasteiger charge is -2.27. The Labute approximate surface area is 233 Å². The van der Waals surface area contributed by atoms with Crippen molar-refractivity contribution in [2.24, 2.45) is 0 Å². The Hall–Kier alpha value is -3.31. The fourth-order valence-corrected chi connectivity index (χ4v) is 5.32. The van der Waals surface area contributed by atoms with E-state index >= 15 is 4.39 Å². The minimum atomic E-state index is -1.85. The molecule has 0 bridgehead atoms. The Morgan fingerprint density at radius 3 is 2.44 bits per heavy atom. The fraction of sp³-hybridized carbons (Fsp3) is 0.407. The summed E-state index contributed by atoms with van der Waals surface area (Å²) in [6.45, 7) is 10.7. The summed E-state index contributed by atoms with van der Waals surface area (Å²) in [5.74, 6) is -1.30. The largest absolute Gasteiger partial charge is 0.444 e. The molecule has 0 fully saturated rings. The third-order valence-corrected chi connectivity index (χ3v) is 7.41. The number of nitrogens with zero attached hydrogens (tertiary/aromatic N) is 3. The van der Waals surface area contributed by atoms with E-state index in [0.29, 0.717) is 16.5 Å². The van der Waals surface area contributed by atoms with E-state index in [1.54, 1.807) is 45.0 Å². The van der Waals surface area contributed by atoms with Crippen molar-refractivity contribution < 1.29 is 27.3 Å². The van der Waals surface area contributed by atoms with Crippen molar-refractivity contribution >= 4 is 40.1 Å². The maximum Gasteiger partial charge on any atom is 0.408 e. The standard InChI is InChI=1S/C27H30ClFN4O5S/c1-26(2,3)24-32-31-22(37-24)17-11-20-21(12-18(17)29)39(36)14-19(30-25(35)38-27(4,5)6)23(34)33(20)13-15-7-9-16(28)10-8-15/h7-12,19H,13-14H2,1-6H3,(H,30,35)/t19-,39?/m0/s1. The normalized spacial score (nSPS) is 17.9. The molecule has 1 unspecified atom stereocenters. The molecular weight excluding hydrogens is 547 g/mol. The van der Waals surface area contributed by atoms with Crippen LogP contribution in [-0.4, -0.2) is 43.8 Å². The number of ether oxygens (including phenoxy) is 1. The minimum Gasteiger partial charge on any atom is -0.444 e. The van der Waals surface area contributed by atoms with Gasteiger partial charge < -0.3 is 19.4 Å². The third-order valence-electron chi connectivity index (χ3n) is 5.71. The summed E-state index contributed by atoms with van der Waals surface area (Å²) in [4.78, 5) is 27.8. The van der Waals surface area contributed by atoms with Crippen LogP contribution in [0.15, 0.2) is 45.7 Å². The number of rotatable bonds is 4. The van der Waals surface area contributed by atoms with Crippen molar-refractivity contribution in [3.05, 3.63) is 58.7 Å². The van der Waals surface area contributed by atoms with E-state index in [2.05, 4.69) is 15.5 Å². The molecule has 1 aliphatic heterocycles. The lowest BCUT2D eigenvalue weighted by atomic mass is 9.97. The molecule has 1 aromatic heterocycles. The van der Waals surface area contributed by atoms with Crippen LogP contribution in [-0.2, 0) is 32.3 Å². The van der Waals surface area contributed by atoms with Gasteiger partial charge in [-0.25, -0.2) is 9.18 Å². The van der Waals surface area contributed by atoms with Crippen molar-refractivity contribution in [2.75, 3.05) is 10.7 Å². The molecule has 9 nitrogen and oxygen atoms in total. The first-order valence-electron chi connectivity index (χ1n) is 12.2. The molecule has 2 heterocycles. The number of fused-ring (bicyclic) bond motifs is 1. The summed E-state index contributed by atoms with van der Waals surface area (Å²) in [5.41, 5.74) is -0.403. The highest BCUT2D eigenvalue weighted by Crippen LogP contribution is 2.36. The van der Waals surface area contributed by atoms with Crippen LogP contribution < -0.4 is 10.2 Å². The quantitative estimate of drug-likeness (QED) is 0.444. The average Bonchev–Trinajstić information content (AvgIpc) is 3.29. The van der Waals surface area contributed by atoms with Gasteiger partial charge in [-0.2, -0.15) is 0 Å². The zero-order valence-corrected chi connectivity index (χ0v) is 24.1. The van der Waals surface area contributed by atoms with E-state index in [9.17, 15) is 13.8 Å². The molecule has 208 valence electrons. The van der Waals surface area contributed by atoms with E-state index in [0.717, 1.165) is 6.07 Å². The van der Waals surface area contributed by atoms with E-state index in [4.69, 9.17) is 20.8 Å². The first-order valence-corrected chi connectivity index (χ1v) is 13.9. The highest BCUT2D eigenvalue weighted by Gasteiger charge is 2.37. The number of anilines is 1. The Bertz CT molecular complexity index is 1430. The first kappa shape index (κ1) is 28.7. The van der Waals surface area contributed by atoms with Crippen LogP contribution in [0, 0.1) is 5.82 Å². The number of amides is 2. The van der Waals surface area contributed by atoms with Gasteiger partial charge in [0, 0.05) is 10.4 Å². The SMILES string of the molecule is CC(C)(C)OC(=O)N[C@H]1CS(=O)c2cc(F)c(-c3nnc(C(C)(C)C)o3)cc2N(Cc2ccc(Cl)cc2)C1=O. The van der Waals surface area contributed by atoms with Crippen LogP contribution in [0.1, 0.15) is 53.0 Å². The lowest BCUT2D eigenvalue weighted by molar-refractivity contribution is -0.120. The summed E-state index contributed by atoms with van der Waals surface area (Å²) < 4.78 is 39.9. The van der Waals surface area contributed by atoms with Gasteiger partial charge in [0.05, 0.1) is 39.2 Å². The summed E-state index contributed by atoms with van der Waals surface area (Å²) >= 11 is 6.04. The molecule has 2 amide bonds. The van der Waals surface area contributed by atoms with Crippen LogP contribution in [0.3, 0.4) is 0 Å². The monoisotopic (exact) mass is 576 g/mol. The zero-order chi connectivity index (χ0) is 28.7. The van der Waals surface area contributed by atoms with Crippen LogP contribution in [0.4, 0.5) is 14.9 Å². The summed E-state index contributed by atoms with van der Waals surface area (Å²) in [5, 5.41) is 11.1. The van der Waals surface area contributed by atoms with Gasteiger partial charge in [0.25, 0.3) is 11.8 Å². The number of alkyl carbamates (subject to hydrolysis) is 1. The van der Waals surface area contributed by atoms with E-state index < -0.39 is 45.7 Å². The molecule has 39 heavy (non-hydrogen) atoms. The van der Waals surface area contributed by atoms with Gasteiger partial charge in [-0.3, -0.25) is 9.00 Å². The Morgan fingerprint density at radius 2 is 1.85 bits per heavy atom. The van der Waals surface area contributed by atoms with E-state index in [-0.39, 0.29) is 34.3 Å². The van der Waals surface area contributed by atoms with Crippen molar-refractivity contribution in [3.8, 4) is 11.5 Å². The number of carbonyl (C=O) groups excluding carboxylic acids is 2. The average molecular weight is 577 g/mol. The molecule has 0 radical (unpaired) electrons. The number of aromatic nitrogens is 2. The van der Waals surface area contributed by atoms with Gasteiger partial charge in [-0.15, -0.1) is 10.2 Å². The van der Waals surface area contributed by atoms with E-state index in [1.165, 1.54) is 11.0 Å². The molecule has 3 aromatic rings. The summed E-state index contributed by atoms with van der Waals surface area (Å²) in [7, 11) is -1.85. The van der Waals surface area contributed by atoms with Crippen LogP contribution in [0.2, 0.25) is 5.02 Å². The number of benzene rings is 2. The molecular formula is C27H30ClFN4O5S. The highest BCUT2D eigenvalue weighted by molar-refractivity contribution is 7.85. The number of hydrogen-bond donors (Lipinski definition) is 1. The number of nitrogens with one attached hydrogen (secondary N) is 1. The molecule has 12 heteroatoms. The molecule has 2 atom stereocenters. The summed E-state index contributed by atoms with van der Waals surface area (Å²) in [6.07, 6.45) is -0.831. The predicted octanol–water partition coefficient (Wildman–Crippen LogP) is 5.37. The van der Waals surface area contributed by atoms with Gasteiger partial charge in [0.15, 0.2) is 0 Å². The third kappa shape index (κ3) is 6.65. The molecule has 4 rings (SSSR count). The zero-order valence-electron chi connectivity index (χ0n) is 22.5. The maximum absolute atomic E-state index is 15.4. The fourth-order valence-electron chi connectivity index (χ4n) is 3.84. The second-order valence-electron chi connectivity index (χ2n) is 11.2. The lowest BCUT2D eigenvalue weighted by Crippen LogP contribution is -2.51. The van der Waals surface area contributed by atoms with Gasteiger partial charge in [-0.1, -0.05) is 44.5 Å².